The maximum Gasteiger partial charge on any atom is 0.264 e. The fourth-order valence-corrected chi connectivity index (χ4v) is 6.86. The Hall–Kier alpha value is -3.07. The Kier molecular flexibility index (Phi) is 10.1. The highest BCUT2D eigenvalue weighted by molar-refractivity contribution is 7.92. The fraction of sp³-hybridized carbons (Fsp3) is 0.333. The van der Waals surface area contributed by atoms with E-state index in [0.717, 1.165) is 42.0 Å². The molecule has 0 aliphatic heterocycles. The SMILES string of the molecule is CC(C(=O)NC1CCCCC1)N(Cc1ccccc1)C(=O)CN(c1ccc(Cl)cc1Cl)S(=O)(=O)c1ccccc1. The van der Waals surface area contributed by atoms with Crippen molar-refractivity contribution in [1.29, 1.82) is 0 Å². The molecule has 1 saturated carbocycles. The van der Waals surface area contributed by atoms with Gasteiger partial charge in [0.05, 0.1) is 15.6 Å². The fourth-order valence-electron chi connectivity index (χ4n) is 4.85. The summed E-state index contributed by atoms with van der Waals surface area (Å²) in [5, 5.41) is 3.51. The van der Waals surface area contributed by atoms with Crippen molar-refractivity contribution in [3.05, 3.63) is 94.5 Å². The van der Waals surface area contributed by atoms with Gasteiger partial charge in [0.15, 0.2) is 0 Å². The highest BCUT2D eigenvalue weighted by Gasteiger charge is 2.34. The highest BCUT2D eigenvalue weighted by Crippen LogP contribution is 2.33. The number of halogens is 2. The van der Waals surface area contributed by atoms with Crippen LogP contribution < -0.4 is 9.62 Å². The van der Waals surface area contributed by atoms with Gasteiger partial charge in [-0.3, -0.25) is 13.9 Å². The molecule has 1 aliphatic rings. The van der Waals surface area contributed by atoms with E-state index < -0.39 is 28.5 Å². The third kappa shape index (κ3) is 7.36. The number of sulfonamides is 1. The van der Waals surface area contributed by atoms with E-state index in [1.165, 1.54) is 35.2 Å². The molecule has 212 valence electrons. The van der Waals surface area contributed by atoms with Crippen LogP contribution in [0.3, 0.4) is 0 Å². The predicted octanol–water partition coefficient (Wildman–Crippen LogP) is 6.05. The van der Waals surface area contributed by atoms with Crippen molar-refractivity contribution in [2.45, 2.75) is 62.6 Å². The first kappa shape index (κ1) is 29.9. The third-order valence-electron chi connectivity index (χ3n) is 7.10. The van der Waals surface area contributed by atoms with Crippen LogP contribution in [-0.2, 0) is 26.2 Å². The summed E-state index contributed by atoms with van der Waals surface area (Å²) in [6, 6.07) is 20.8. The van der Waals surface area contributed by atoms with Gasteiger partial charge in [-0.25, -0.2) is 8.42 Å². The molecule has 7 nitrogen and oxygen atoms in total. The van der Waals surface area contributed by atoms with Crippen LogP contribution in [0.1, 0.15) is 44.6 Å². The Labute approximate surface area is 246 Å². The molecular weight excluding hydrogens is 569 g/mol. The van der Waals surface area contributed by atoms with Crippen LogP contribution in [0.4, 0.5) is 5.69 Å². The van der Waals surface area contributed by atoms with Crippen molar-refractivity contribution < 1.29 is 18.0 Å². The minimum atomic E-state index is -4.20. The molecule has 2 amide bonds. The van der Waals surface area contributed by atoms with Gasteiger partial charge in [-0.2, -0.15) is 0 Å². The first-order valence-corrected chi connectivity index (χ1v) is 15.5. The van der Waals surface area contributed by atoms with Gasteiger partial charge in [0, 0.05) is 17.6 Å². The molecule has 1 atom stereocenters. The Morgan fingerprint density at radius 2 is 1.55 bits per heavy atom. The van der Waals surface area contributed by atoms with Crippen molar-refractivity contribution >= 4 is 50.7 Å². The maximum atomic E-state index is 14.0. The lowest BCUT2D eigenvalue weighted by Crippen LogP contribution is -2.53. The zero-order valence-corrected chi connectivity index (χ0v) is 24.6. The van der Waals surface area contributed by atoms with Crippen molar-refractivity contribution in [1.82, 2.24) is 10.2 Å². The number of carbonyl (C=O) groups is 2. The molecule has 0 radical (unpaired) electrons. The number of amides is 2. The average Bonchev–Trinajstić information content (AvgIpc) is 2.96. The molecule has 1 fully saturated rings. The predicted molar refractivity (Wildman–Crippen MR) is 159 cm³/mol. The molecule has 1 N–H and O–H groups in total. The molecule has 10 heteroatoms. The molecule has 0 heterocycles. The largest absolute Gasteiger partial charge is 0.352 e. The average molecular weight is 603 g/mol. The van der Waals surface area contributed by atoms with Gasteiger partial charge in [-0.15, -0.1) is 0 Å². The number of anilines is 1. The molecule has 0 bridgehead atoms. The van der Waals surface area contributed by atoms with E-state index in [4.69, 9.17) is 23.2 Å². The maximum absolute atomic E-state index is 14.0. The Bertz CT molecular complexity index is 1420. The lowest BCUT2D eigenvalue weighted by molar-refractivity contribution is -0.139. The summed E-state index contributed by atoms with van der Waals surface area (Å²) in [6.45, 7) is 1.24. The summed E-state index contributed by atoms with van der Waals surface area (Å²) in [4.78, 5) is 28.8. The van der Waals surface area contributed by atoms with E-state index >= 15 is 0 Å². The zero-order valence-electron chi connectivity index (χ0n) is 22.3. The molecule has 3 aromatic carbocycles. The van der Waals surface area contributed by atoms with E-state index in [-0.39, 0.29) is 34.1 Å². The first-order chi connectivity index (χ1) is 19.2. The number of hydrogen-bond acceptors (Lipinski definition) is 4. The molecule has 0 spiro atoms. The van der Waals surface area contributed by atoms with Crippen LogP contribution >= 0.6 is 23.2 Å². The van der Waals surface area contributed by atoms with Crippen molar-refractivity contribution in [3.63, 3.8) is 0 Å². The molecule has 1 aliphatic carbocycles. The van der Waals surface area contributed by atoms with Crippen LogP contribution in [0, 0.1) is 0 Å². The van der Waals surface area contributed by atoms with E-state index in [2.05, 4.69) is 5.32 Å². The van der Waals surface area contributed by atoms with E-state index in [9.17, 15) is 18.0 Å². The third-order valence-corrected chi connectivity index (χ3v) is 9.41. The van der Waals surface area contributed by atoms with Gasteiger partial charge in [0.25, 0.3) is 10.0 Å². The Morgan fingerprint density at radius 3 is 2.17 bits per heavy atom. The van der Waals surface area contributed by atoms with Gasteiger partial charge < -0.3 is 10.2 Å². The minimum absolute atomic E-state index is 0.00603. The molecule has 0 aromatic heterocycles. The van der Waals surface area contributed by atoms with Gasteiger partial charge in [-0.1, -0.05) is 91.0 Å². The summed E-state index contributed by atoms with van der Waals surface area (Å²) in [5.41, 5.74) is 0.928. The second kappa shape index (κ2) is 13.5. The summed E-state index contributed by atoms with van der Waals surface area (Å²) < 4.78 is 28.7. The normalized spacial score (nSPS) is 14.8. The Morgan fingerprint density at radius 1 is 0.925 bits per heavy atom. The lowest BCUT2D eigenvalue weighted by atomic mass is 9.95. The quantitative estimate of drug-likeness (QED) is 0.306. The van der Waals surface area contributed by atoms with Gasteiger partial charge >= 0.3 is 0 Å². The van der Waals surface area contributed by atoms with Gasteiger partial charge in [-0.05, 0) is 55.7 Å². The molecule has 3 aromatic rings. The molecule has 4 rings (SSSR count). The van der Waals surface area contributed by atoms with Crippen molar-refractivity contribution in [3.8, 4) is 0 Å². The topological polar surface area (TPSA) is 86.8 Å². The van der Waals surface area contributed by atoms with Crippen LogP contribution in [-0.4, -0.2) is 43.8 Å². The van der Waals surface area contributed by atoms with Crippen LogP contribution in [0.5, 0.6) is 0 Å². The summed E-state index contributed by atoms with van der Waals surface area (Å²) in [7, 11) is -4.20. The highest BCUT2D eigenvalue weighted by atomic mass is 35.5. The second-order valence-corrected chi connectivity index (χ2v) is 12.7. The second-order valence-electron chi connectivity index (χ2n) is 9.95. The van der Waals surface area contributed by atoms with Gasteiger partial charge in [0.2, 0.25) is 11.8 Å². The standard InChI is InChI=1S/C30H33Cl2N3O4S/c1-22(30(37)33-25-13-7-3-8-14-25)34(20-23-11-5-2-6-12-23)29(36)21-35(28-18-17-24(31)19-27(28)32)40(38,39)26-15-9-4-10-16-26/h2,4-6,9-12,15-19,22,25H,3,7-8,13-14,20-21H2,1H3,(H,33,37). The van der Waals surface area contributed by atoms with Gasteiger partial charge in [0.1, 0.15) is 12.6 Å². The van der Waals surface area contributed by atoms with Crippen LogP contribution in [0.2, 0.25) is 10.0 Å². The molecule has 0 saturated heterocycles. The van der Waals surface area contributed by atoms with Crippen LogP contribution in [0.25, 0.3) is 0 Å². The van der Waals surface area contributed by atoms with E-state index in [0.29, 0.717) is 5.02 Å². The molecule has 1 unspecified atom stereocenters. The minimum Gasteiger partial charge on any atom is -0.352 e. The Balaban J connectivity index is 1.68. The smallest absolute Gasteiger partial charge is 0.264 e. The van der Waals surface area contributed by atoms with Crippen molar-refractivity contribution in [2.75, 3.05) is 10.8 Å². The van der Waals surface area contributed by atoms with Crippen LogP contribution in [0.15, 0.2) is 83.8 Å². The monoisotopic (exact) mass is 601 g/mol. The number of hydrogen-bond donors (Lipinski definition) is 1. The van der Waals surface area contributed by atoms with Crippen molar-refractivity contribution in [2.24, 2.45) is 0 Å². The number of rotatable bonds is 10. The summed E-state index contributed by atoms with van der Waals surface area (Å²) >= 11 is 12.5. The number of nitrogens with one attached hydrogen (secondary N) is 1. The number of benzene rings is 3. The summed E-state index contributed by atoms with van der Waals surface area (Å²) in [5.74, 6) is -0.807. The number of carbonyl (C=O) groups excluding carboxylic acids is 2. The van der Waals surface area contributed by atoms with E-state index in [1.54, 1.807) is 25.1 Å². The zero-order chi connectivity index (χ0) is 28.7. The molecular formula is C30H33Cl2N3O4S. The molecule has 40 heavy (non-hydrogen) atoms. The first-order valence-electron chi connectivity index (χ1n) is 13.3. The van der Waals surface area contributed by atoms with E-state index in [1.807, 2.05) is 30.3 Å². The number of nitrogens with zero attached hydrogens (tertiary/aromatic N) is 2. The summed E-state index contributed by atoms with van der Waals surface area (Å²) in [6.07, 6.45) is 5.08. The lowest BCUT2D eigenvalue weighted by Gasteiger charge is -2.33.